The van der Waals surface area contributed by atoms with Crippen molar-refractivity contribution in [2.45, 2.75) is 25.7 Å². The van der Waals surface area contributed by atoms with Crippen LogP contribution in [0, 0.1) is 0 Å². The molecule has 0 aromatic heterocycles. The summed E-state index contributed by atoms with van der Waals surface area (Å²) in [5.41, 5.74) is 1.50. The molecule has 3 heteroatoms. The summed E-state index contributed by atoms with van der Waals surface area (Å²) in [5.74, 6) is 0. The van der Waals surface area contributed by atoms with Gasteiger partial charge in [0.25, 0.3) is 0 Å². The largest absolute Gasteiger partial charge is 0.314 e. The zero-order chi connectivity index (χ0) is 9.80. The quantitative estimate of drug-likeness (QED) is 0.756. The average Bonchev–Trinajstić information content (AvgIpc) is 2.23. The summed E-state index contributed by atoms with van der Waals surface area (Å²) in [4.78, 5) is 2.51. The zero-order valence-electron chi connectivity index (χ0n) is 8.69. The van der Waals surface area contributed by atoms with Gasteiger partial charge in [0, 0.05) is 37.8 Å². The highest BCUT2D eigenvalue weighted by Crippen LogP contribution is 2.27. The van der Waals surface area contributed by atoms with Crippen LogP contribution in [0.3, 0.4) is 0 Å². The molecule has 1 fully saturated rings. The van der Waals surface area contributed by atoms with E-state index in [0.29, 0.717) is 0 Å². The second-order valence-electron chi connectivity index (χ2n) is 4.24. The van der Waals surface area contributed by atoms with Crippen molar-refractivity contribution in [3.63, 3.8) is 0 Å². The Balaban J connectivity index is 1.88. The summed E-state index contributed by atoms with van der Waals surface area (Å²) in [6.07, 6.45) is 4.95. The molecule has 0 aromatic rings. The first-order chi connectivity index (χ1) is 6.86. The molecule has 1 aliphatic heterocycles. The topological polar surface area (TPSA) is 15.3 Å². The van der Waals surface area contributed by atoms with E-state index in [-0.39, 0.29) is 0 Å². The molecular weight excluding hydrogens is 196 g/mol. The van der Waals surface area contributed by atoms with E-state index in [4.69, 9.17) is 11.6 Å². The molecule has 1 heterocycles. The predicted octanol–water partition coefficient (Wildman–Crippen LogP) is 1.96. The molecule has 2 aliphatic rings. The van der Waals surface area contributed by atoms with Gasteiger partial charge in [0.2, 0.25) is 0 Å². The lowest BCUT2D eigenvalue weighted by Gasteiger charge is -2.29. The molecule has 2 nitrogen and oxygen atoms in total. The fourth-order valence-corrected chi connectivity index (χ4v) is 2.52. The van der Waals surface area contributed by atoms with Gasteiger partial charge in [-0.15, -0.1) is 0 Å². The van der Waals surface area contributed by atoms with E-state index in [0.717, 1.165) is 31.1 Å². The number of piperazine rings is 1. The molecule has 2 rings (SSSR count). The Hall–Kier alpha value is -0.0500. The van der Waals surface area contributed by atoms with Crippen molar-refractivity contribution in [1.29, 1.82) is 0 Å². The van der Waals surface area contributed by atoms with Crippen LogP contribution in [-0.2, 0) is 0 Å². The van der Waals surface area contributed by atoms with E-state index in [2.05, 4.69) is 10.2 Å². The van der Waals surface area contributed by atoms with Gasteiger partial charge < -0.3 is 5.32 Å². The maximum atomic E-state index is 6.24. The Morgan fingerprint density at radius 3 is 2.57 bits per heavy atom. The van der Waals surface area contributed by atoms with Gasteiger partial charge in [-0.1, -0.05) is 11.6 Å². The van der Waals surface area contributed by atoms with E-state index in [1.807, 2.05) is 0 Å². The summed E-state index contributed by atoms with van der Waals surface area (Å²) in [5, 5.41) is 4.52. The van der Waals surface area contributed by atoms with Crippen molar-refractivity contribution in [2.24, 2.45) is 0 Å². The van der Waals surface area contributed by atoms with Crippen LogP contribution in [0.5, 0.6) is 0 Å². The molecule has 0 spiro atoms. The highest BCUT2D eigenvalue weighted by molar-refractivity contribution is 6.30. The molecule has 0 aromatic carbocycles. The first-order valence-corrected chi connectivity index (χ1v) is 6.03. The van der Waals surface area contributed by atoms with Crippen LogP contribution in [0.1, 0.15) is 25.7 Å². The maximum absolute atomic E-state index is 6.24. The number of halogens is 1. The standard InChI is InChI=1S/C11H19ClN2/c12-11-4-2-1-3-10(11)9-14-7-5-13-6-8-14/h13H,1-9H2. The van der Waals surface area contributed by atoms with Crippen molar-refractivity contribution in [2.75, 3.05) is 32.7 Å². The van der Waals surface area contributed by atoms with Crippen molar-refractivity contribution in [1.82, 2.24) is 10.2 Å². The van der Waals surface area contributed by atoms with E-state index in [1.54, 1.807) is 0 Å². The second-order valence-corrected chi connectivity index (χ2v) is 4.70. The molecular formula is C11H19ClN2. The summed E-state index contributed by atoms with van der Waals surface area (Å²) in [6.45, 7) is 5.72. The molecule has 0 unspecified atom stereocenters. The molecule has 1 N–H and O–H groups in total. The minimum absolute atomic E-state index is 1.11. The SMILES string of the molecule is ClC1=C(CN2CCNCC2)CCCC1. The third-order valence-electron chi connectivity index (χ3n) is 3.13. The smallest absolute Gasteiger partial charge is 0.0208 e. The lowest BCUT2D eigenvalue weighted by Crippen LogP contribution is -2.44. The molecule has 80 valence electrons. The number of hydrogen-bond acceptors (Lipinski definition) is 2. The van der Waals surface area contributed by atoms with Gasteiger partial charge >= 0.3 is 0 Å². The average molecular weight is 215 g/mol. The monoisotopic (exact) mass is 214 g/mol. The number of nitrogens with one attached hydrogen (secondary N) is 1. The molecule has 0 amide bonds. The normalized spacial score (nSPS) is 25.5. The Morgan fingerprint density at radius 2 is 1.86 bits per heavy atom. The van der Waals surface area contributed by atoms with E-state index in [1.165, 1.54) is 37.9 Å². The van der Waals surface area contributed by atoms with Crippen LogP contribution in [0.4, 0.5) is 0 Å². The van der Waals surface area contributed by atoms with Gasteiger partial charge in [0.05, 0.1) is 0 Å². The van der Waals surface area contributed by atoms with Gasteiger partial charge in [-0.25, -0.2) is 0 Å². The van der Waals surface area contributed by atoms with Crippen molar-refractivity contribution < 1.29 is 0 Å². The fourth-order valence-electron chi connectivity index (χ4n) is 2.24. The molecule has 1 saturated heterocycles. The Morgan fingerprint density at radius 1 is 1.14 bits per heavy atom. The van der Waals surface area contributed by atoms with Crippen LogP contribution in [0.15, 0.2) is 10.6 Å². The van der Waals surface area contributed by atoms with Gasteiger partial charge in [-0.05, 0) is 31.3 Å². The van der Waals surface area contributed by atoms with Crippen LogP contribution < -0.4 is 5.32 Å². The summed E-state index contributed by atoms with van der Waals surface area (Å²) < 4.78 is 0. The first-order valence-electron chi connectivity index (χ1n) is 5.66. The molecule has 0 atom stereocenters. The van der Waals surface area contributed by atoms with Crippen molar-refractivity contribution in [3.8, 4) is 0 Å². The summed E-state index contributed by atoms with van der Waals surface area (Å²) in [6, 6.07) is 0. The van der Waals surface area contributed by atoms with Gasteiger partial charge in [-0.3, -0.25) is 4.90 Å². The van der Waals surface area contributed by atoms with Gasteiger partial charge in [0.1, 0.15) is 0 Å². The van der Waals surface area contributed by atoms with Crippen molar-refractivity contribution >= 4 is 11.6 Å². The molecule has 0 bridgehead atoms. The zero-order valence-corrected chi connectivity index (χ0v) is 9.45. The number of rotatable bonds is 2. The Kier molecular flexibility index (Phi) is 3.85. The highest BCUT2D eigenvalue weighted by Gasteiger charge is 2.15. The third-order valence-corrected chi connectivity index (χ3v) is 3.59. The molecule has 14 heavy (non-hydrogen) atoms. The lowest BCUT2D eigenvalue weighted by molar-refractivity contribution is 0.256. The number of hydrogen-bond donors (Lipinski definition) is 1. The van der Waals surface area contributed by atoms with Crippen molar-refractivity contribution in [3.05, 3.63) is 10.6 Å². The molecule has 1 aliphatic carbocycles. The van der Waals surface area contributed by atoms with Gasteiger partial charge in [0.15, 0.2) is 0 Å². The van der Waals surface area contributed by atoms with E-state index < -0.39 is 0 Å². The minimum Gasteiger partial charge on any atom is -0.314 e. The van der Waals surface area contributed by atoms with E-state index in [9.17, 15) is 0 Å². The third kappa shape index (κ3) is 2.72. The maximum Gasteiger partial charge on any atom is 0.0208 e. The van der Waals surface area contributed by atoms with E-state index >= 15 is 0 Å². The van der Waals surface area contributed by atoms with Crippen LogP contribution in [0.25, 0.3) is 0 Å². The predicted molar refractivity (Wildman–Crippen MR) is 60.7 cm³/mol. The number of nitrogens with zero attached hydrogens (tertiary/aromatic N) is 1. The fraction of sp³-hybridized carbons (Fsp3) is 0.818. The van der Waals surface area contributed by atoms with Crippen LogP contribution in [0.2, 0.25) is 0 Å². The summed E-state index contributed by atoms with van der Waals surface area (Å²) in [7, 11) is 0. The first kappa shape index (κ1) is 10.5. The minimum atomic E-state index is 1.11. The van der Waals surface area contributed by atoms with Gasteiger partial charge in [-0.2, -0.15) is 0 Å². The highest BCUT2D eigenvalue weighted by atomic mass is 35.5. The lowest BCUT2D eigenvalue weighted by atomic mass is 9.99. The Labute approximate surface area is 91.3 Å². The molecule has 0 radical (unpaired) electrons. The second kappa shape index (κ2) is 5.15. The number of allylic oxidation sites excluding steroid dienone is 1. The summed E-state index contributed by atoms with van der Waals surface area (Å²) >= 11 is 6.24. The van der Waals surface area contributed by atoms with Crippen LogP contribution in [-0.4, -0.2) is 37.6 Å². The molecule has 0 saturated carbocycles. The Bertz CT molecular complexity index is 219. The van der Waals surface area contributed by atoms with Crippen LogP contribution >= 0.6 is 11.6 Å².